The van der Waals surface area contributed by atoms with Crippen LogP contribution in [0.4, 0.5) is 5.69 Å². The van der Waals surface area contributed by atoms with Crippen molar-refractivity contribution in [2.45, 2.75) is 19.3 Å². The largest absolute Gasteiger partial charge is 0.508 e. The number of hydrogen-bond donors (Lipinski definition) is 1. The van der Waals surface area contributed by atoms with Crippen molar-refractivity contribution in [2.75, 3.05) is 18.1 Å². The zero-order chi connectivity index (χ0) is 16.4. The summed E-state index contributed by atoms with van der Waals surface area (Å²) in [5, 5.41) is 9.35. The van der Waals surface area contributed by atoms with E-state index in [0.717, 1.165) is 25.1 Å². The first kappa shape index (κ1) is 14.9. The van der Waals surface area contributed by atoms with Crippen molar-refractivity contribution < 1.29 is 9.84 Å². The van der Waals surface area contributed by atoms with E-state index in [4.69, 9.17) is 4.74 Å². The highest BCUT2D eigenvalue weighted by Gasteiger charge is 2.24. The van der Waals surface area contributed by atoms with Crippen LogP contribution < -0.4 is 9.64 Å². The lowest BCUT2D eigenvalue weighted by atomic mass is 9.91. The summed E-state index contributed by atoms with van der Waals surface area (Å²) in [5.41, 5.74) is 5.32. The third-order valence-corrected chi connectivity index (χ3v) is 4.59. The molecule has 0 radical (unpaired) electrons. The van der Waals surface area contributed by atoms with Crippen molar-refractivity contribution >= 4 is 11.8 Å². The predicted octanol–water partition coefficient (Wildman–Crippen LogP) is 4.74. The van der Waals surface area contributed by atoms with Gasteiger partial charge in [0.15, 0.2) is 0 Å². The zero-order valence-electron chi connectivity index (χ0n) is 13.6. The maximum atomic E-state index is 9.35. The SMILES string of the molecule is Oc1ccc(OCCN2C3=CCCCC3=Cc3ccccc32)cc1. The second-order valence-corrected chi connectivity index (χ2v) is 6.20. The van der Waals surface area contributed by atoms with Gasteiger partial charge in [0, 0.05) is 11.4 Å². The van der Waals surface area contributed by atoms with Crippen LogP contribution in [0.3, 0.4) is 0 Å². The number of fused-ring (bicyclic) bond motifs is 2. The van der Waals surface area contributed by atoms with Crippen LogP contribution in [0.5, 0.6) is 11.5 Å². The summed E-state index contributed by atoms with van der Waals surface area (Å²) in [5.74, 6) is 1.04. The van der Waals surface area contributed by atoms with E-state index in [0.29, 0.717) is 6.61 Å². The molecule has 4 rings (SSSR count). The van der Waals surface area contributed by atoms with Crippen LogP contribution >= 0.6 is 0 Å². The van der Waals surface area contributed by atoms with Crippen LogP contribution in [0, 0.1) is 0 Å². The third-order valence-electron chi connectivity index (χ3n) is 4.59. The van der Waals surface area contributed by atoms with E-state index in [1.165, 1.54) is 28.9 Å². The summed E-state index contributed by atoms with van der Waals surface area (Å²) >= 11 is 0. The van der Waals surface area contributed by atoms with Crippen molar-refractivity contribution in [3.63, 3.8) is 0 Å². The predicted molar refractivity (Wildman–Crippen MR) is 97.3 cm³/mol. The fraction of sp³-hybridized carbons (Fsp3) is 0.238. The number of aromatic hydroxyl groups is 1. The smallest absolute Gasteiger partial charge is 0.119 e. The van der Waals surface area contributed by atoms with E-state index >= 15 is 0 Å². The highest BCUT2D eigenvalue weighted by atomic mass is 16.5. The molecule has 3 heteroatoms. The maximum absolute atomic E-state index is 9.35. The lowest BCUT2D eigenvalue weighted by Gasteiger charge is -2.35. The molecule has 24 heavy (non-hydrogen) atoms. The van der Waals surface area contributed by atoms with Crippen LogP contribution in [0.25, 0.3) is 6.08 Å². The molecule has 0 atom stereocenters. The van der Waals surface area contributed by atoms with E-state index in [-0.39, 0.29) is 5.75 Å². The van der Waals surface area contributed by atoms with Gasteiger partial charge in [0.1, 0.15) is 18.1 Å². The Hall–Kier alpha value is -2.68. The number of rotatable bonds is 4. The lowest BCUT2D eigenvalue weighted by Crippen LogP contribution is -2.31. The molecule has 122 valence electrons. The van der Waals surface area contributed by atoms with Gasteiger partial charge >= 0.3 is 0 Å². The molecule has 0 bridgehead atoms. The van der Waals surface area contributed by atoms with Crippen LogP contribution in [0.2, 0.25) is 0 Å². The number of phenolic OH excluding ortho intramolecular Hbond substituents is 1. The first-order chi connectivity index (χ1) is 11.8. The van der Waals surface area contributed by atoms with Crippen LogP contribution in [0.1, 0.15) is 24.8 Å². The van der Waals surface area contributed by atoms with E-state index in [2.05, 4.69) is 41.3 Å². The molecule has 3 nitrogen and oxygen atoms in total. The number of benzene rings is 2. The molecule has 1 heterocycles. The second-order valence-electron chi connectivity index (χ2n) is 6.20. The maximum Gasteiger partial charge on any atom is 0.119 e. The summed E-state index contributed by atoms with van der Waals surface area (Å²) < 4.78 is 5.86. The van der Waals surface area contributed by atoms with Gasteiger partial charge in [-0.2, -0.15) is 0 Å². The molecule has 2 aromatic rings. The number of ether oxygens (including phenoxy) is 1. The fourth-order valence-corrected chi connectivity index (χ4v) is 3.43. The van der Waals surface area contributed by atoms with Crippen LogP contribution in [0.15, 0.2) is 65.9 Å². The summed E-state index contributed by atoms with van der Waals surface area (Å²) in [4.78, 5) is 2.38. The quantitative estimate of drug-likeness (QED) is 0.883. The van der Waals surface area contributed by atoms with Crippen LogP contribution in [-0.2, 0) is 0 Å². The normalized spacial score (nSPS) is 15.9. The molecule has 0 saturated heterocycles. The molecule has 0 aromatic heterocycles. The average molecular weight is 319 g/mol. The molecular weight excluding hydrogens is 298 g/mol. The number of phenols is 1. The topological polar surface area (TPSA) is 32.7 Å². The monoisotopic (exact) mass is 319 g/mol. The van der Waals surface area contributed by atoms with Crippen molar-refractivity contribution in [1.29, 1.82) is 0 Å². The Labute approximate surface area is 142 Å². The van der Waals surface area contributed by atoms with Crippen molar-refractivity contribution in [3.8, 4) is 11.5 Å². The zero-order valence-corrected chi connectivity index (χ0v) is 13.6. The highest BCUT2D eigenvalue weighted by Crippen LogP contribution is 2.38. The van der Waals surface area contributed by atoms with Gasteiger partial charge in [0.2, 0.25) is 0 Å². The van der Waals surface area contributed by atoms with Gasteiger partial charge in [-0.25, -0.2) is 0 Å². The van der Waals surface area contributed by atoms with E-state index in [1.54, 1.807) is 24.3 Å². The Bertz CT molecular complexity index is 790. The lowest BCUT2D eigenvalue weighted by molar-refractivity contribution is 0.325. The number of hydrogen-bond acceptors (Lipinski definition) is 3. The van der Waals surface area contributed by atoms with Crippen molar-refractivity contribution in [2.24, 2.45) is 0 Å². The number of para-hydroxylation sites is 1. The number of nitrogens with zero attached hydrogens (tertiary/aromatic N) is 1. The second kappa shape index (κ2) is 6.44. The number of anilines is 1. The van der Waals surface area contributed by atoms with Gasteiger partial charge in [0.25, 0.3) is 0 Å². The molecule has 0 amide bonds. The van der Waals surface area contributed by atoms with E-state index in [1.807, 2.05) is 0 Å². The van der Waals surface area contributed by atoms with Crippen molar-refractivity contribution in [3.05, 3.63) is 71.4 Å². The molecule has 1 aliphatic carbocycles. The summed E-state index contributed by atoms with van der Waals surface area (Å²) in [7, 11) is 0. The van der Waals surface area contributed by atoms with Gasteiger partial charge in [-0.15, -0.1) is 0 Å². The number of allylic oxidation sites excluding steroid dienone is 2. The van der Waals surface area contributed by atoms with E-state index in [9.17, 15) is 5.11 Å². The molecule has 0 fully saturated rings. The Morgan fingerprint density at radius 1 is 1.04 bits per heavy atom. The standard InChI is InChI=1S/C21H21NO2/c23-18-9-11-19(12-10-18)24-14-13-22-20-7-3-1-5-16(20)15-17-6-2-4-8-21(17)22/h1,3,5,7-12,15,23H,2,4,6,13-14H2. The minimum absolute atomic E-state index is 0.259. The summed E-state index contributed by atoms with van der Waals surface area (Å²) in [6.45, 7) is 1.41. The fourth-order valence-electron chi connectivity index (χ4n) is 3.43. The van der Waals surface area contributed by atoms with Crippen LogP contribution in [-0.4, -0.2) is 18.3 Å². The molecule has 0 saturated carbocycles. The van der Waals surface area contributed by atoms with Gasteiger partial charge < -0.3 is 14.7 Å². The molecule has 1 aliphatic heterocycles. The minimum Gasteiger partial charge on any atom is -0.508 e. The van der Waals surface area contributed by atoms with Crippen molar-refractivity contribution in [1.82, 2.24) is 0 Å². The Morgan fingerprint density at radius 2 is 1.88 bits per heavy atom. The average Bonchev–Trinajstić information content (AvgIpc) is 2.63. The van der Waals surface area contributed by atoms with E-state index < -0.39 is 0 Å². The Balaban J connectivity index is 1.53. The molecule has 1 N–H and O–H groups in total. The summed E-state index contributed by atoms with van der Waals surface area (Å²) in [6.07, 6.45) is 8.21. The first-order valence-corrected chi connectivity index (χ1v) is 8.51. The summed E-state index contributed by atoms with van der Waals surface area (Å²) in [6, 6.07) is 15.4. The Kier molecular flexibility index (Phi) is 3.99. The van der Waals surface area contributed by atoms with Gasteiger partial charge in [0.05, 0.1) is 6.54 Å². The van der Waals surface area contributed by atoms with Gasteiger partial charge in [-0.05, 0) is 66.8 Å². The third kappa shape index (κ3) is 2.90. The molecule has 2 aromatic carbocycles. The molecule has 0 unspecified atom stereocenters. The Morgan fingerprint density at radius 3 is 2.75 bits per heavy atom. The molecular formula is C21H21NO2. The highest BCUT2D eigenvalue weighted by molar-refractivity contribution is 5.79. The molecule has 2 aliphatic rings. The van der Waals surface area contributed by atoms with Gasteiger partial charge in [-0.3, -0.25) is 0 Å². The minimum atomic E-state index is 0.259. The first-order valence-electron chi connectivity index (χ1n) is 8.51. The molecule has 0 spiro atoms. The van der Waals surface area contributed by atoms with Gasteiger partial charge in [-0.1, -0.05) is 24.3 Å².